The van der Waals surface area contributed by atoms with Crippen LogP contribution < -0.4 is 0 Å². The number of aromatic nitrogens is 4. The molecule has 0 atom stereocenters. The molecule has 0 saturated heterocycles. The monoisotopic (exact) mass is 184 g/mol. The maximum absolute atomic E-state index is 4.82. The molecule has 0 aliphatic heterocycles. The van der Waals surface area contributed by atoms with E-state index < -0.39 is 0 Å². The van der Waals surface area contributed by atoms with E-state index in [9.17, 15) is 0 Å². The second kappa shape index (κ2) is 2.55. The zero-order valence-electron chi connectivity index (χ0n) is 5.37. The third kappa shape index (κ3) is 1.22. The van der Waals surface area contributed by atoms with E-state index in [0.717, 1.165) is 10.7 Å². The number of nitrogens with one attached hydrogen (secondary N) is 2. The normalized spacial score (nSPS) is 10.2. The molecule has 0 bridgehead atoms. The van der Waals surface area contributed by atoms with Gasteiger partial charge in [-0.25, -0.2) is 0 Å². The van der Waals surface area contributed by atoms with Crippen molar-refractivity contribution in [1.29, 1.82) is 0 Å². The molecule has 0 spiro atoms. The van der Waals surface area contributed by atoms with Crippen molar-refractivity contribution in [3.8, 4) is 10.7 Å². The smallest absolute Gasteiger partial charge is 0.192 e. The number of nitrogens with zero attached hydrogens (tertiary/aromatic N) is 2. The molecule has 2 rings (SSSR count). The lowest BCUT2D eigenvalue weighted by Gasteiger charge is -1.82. The highest BCUT2D eigenvalue weighted by molar-refractivity contribution is 7.71. The molecule has 0 aliphatic carbocycles. The van der Waals surface area contributed by atoms with Crippen LogP contribution >= 0.6 is 23.6 Å². The van der Waals surface area contributed by atoms with Crippen molar-refractivity contribution in [3.63, 3.8) is 0 Å². The SMILES string of the molecule is S=c1[nH]nc(-c2cncs2)[nH]1. The van der Waals surface area contributed by atoms with E-state index in [0.29, 0.717) is 4.77 Å². The van der Waals surface area contributed by atoms with E-state index in [4.69, 9.17) is 12.2 Å². The third-order valence-electron chi connectivity index (χ3n) is 1.17. The third-order valence-corrected chi connectivity index (χ3v) is 2.14. The van der Waals surface area contributed by atoms with Crippen molar-refractivity contribution < 1.29 is 0 Å². The Balaban J connectivity index is 2.53. The van der Waals surface area contributed by atoms with Gasteiger partial charge in [0.25, 0.3) is 0 Å². The van der Waals surface area contributed by atoms with Gasteiger partial charge in [-0.15, -0.1) is 11.3 Å². The summed E-state index contributed by atoms with van der Waals surface area (Å²) in [4.78, 5) is 7.80. The first-order chi connectivity index (χ1) is 5.36. The van der Waals surface area contributed by atoms with Crippen LogP contribution in [0.4, 0.5) is 0 Å². The molecule has 0 amide bonds. The van der Waals surface area contributed by atoms with E-state index in [1.54, 1.807) is 11.7 Å². The average molecular weight is 184 g/mol. The average Bonchev–Trinajstić information content (AvgIpc) is 2.55. The van der Waals surface area contributed by atoms with Crippen LogP contribution in [-0.2, 0) is 0 Å². The van der Waals surface area contributed by atoms with Crippen LogP contribution in [0, 0.1) is 4.77 Å². The molecule has 11 heavy (non-hydrogen) atoms. The van der Waals surface area contributed by atoms with Crippen molar-refractivity contribution in [2.75, 3.05) is 0 Å². The predicted octanol–water partition coefficient (Wildman–Crippen LogP) is 1.59. The van der Waals surface area contributed by atoms with Crippen LogP contribution in [0.15, 0.2) is 11.7 Å². The van der Waals surface area contributed by atoms with Gasteiger partial charge < -0.3 is 4.98 Å². The Morgan fingerprint density at radius 1 is 1.55 bits per heavy atom. The van der Waals surface area contributed by atoms with Crippen LogP contribution in [-0.4, -0.2) is 20.2 Å². The molecule has 2 heterocycles. The fourth-order valence-electron chi connectivity index (χ4n) is 0.720. The largest absolute Gasteiger partial charge is 0.313 e. The van der Waals surface area contributed by atoms with Gasteiger partial charge >= 0.3 is 0 Å². The molecule has 2 aromatic rings. The lowest BCUT2D eigenvalue weighted by molar-refractivity contribution is 1.08. The van der Waals surface area contributed by atoms with E-state index in [2.05, 4.69) is 20.2 Å². The van der Waals surface area contributed by atoms with Crippen molar-refractivity contribution >= 4 is 23.6 Å². The Labute approximate surface area is 71.3 Å². The van der Waals surface area contributed by atoms with Crippen LogP contribution in [0.25, 0.3) is 10.7 Å². The summed E-state index contributed by atoms with van der Waals surface area (Å²) in [5, 5.41) is 6.59. The van der Waals surface area contributed by atoms with Gasteiger partial charge in [0, 0.05) is 6.20 Å². The molecule has 6 heteroatoms. The Morgan fingerprint density at radius 2 is 2.45 bits per heavy atom. The van der Waals surface area contributed by atoms with Crippen LogP contribution in [0.1, 0.15) is 0 Å². The van der Waals surface area contributed by atoms with Gasteiger partial charge in [-0.2, -0.15) is 5.10 Å². The molecule has 2 N–H and O–H groups in total. The minimum absolute atomic E-state index is 0.536. The lowest BCUT2D eigenvalue weighted by atomic mass is 10.5. The zero-order valence-corrected chi connectivity index (χ0v) is 7.00. The van der Waals surface area contributed by atoms with Crippen LogP contribution in [0.3, 0.4) is 0 Å². The summed E-state index contributed by atoms with van der Waals surface area (Å²) >= 11 is 6.34. The van der Waals surface area contributed by atoms with Crippen LogP contribution in [0.5, 0.6) is 0 Å². The molecule has 0 fully saturated rings. The summed E-state index contributed by atoms with van der Waals surface area (Å²) in [6.45, 7) is 0. The van der Waals surface area contributed by atoms with Crippen molar-refractivity contribution in [3.05, 3.63) is 16.5 Å². The molecule has 0 unspecified atom stereocenters. The second-order valence-corrected chi connectivity index (χ2v) is 3.19. The molecular weight excluding hydrogens is 180 g/mol. The van der Waals surface area contributed by atoms with Gasteiger partial charge in [-0.3, -0.25) is 10.1 Å². The summed E-state index contributed by atoms with van der Waals surface area (Å²) in [5.74, 6) is 0.748. The Bertz CT molecular complexity index is 385. The summed E-state index contributed by atoms with van der Waals surface area (Å²) < 4.78 is 0.536. The van der Waals surface area contributed by atoms with E-state index in [1.807, 2.05) is 0 Å². The Kier molecular flexibility index (Phi) is 1.55. The predicted molar refractivity (Wildman–Crippen MR) is 44.9 cm³/mol. The number of thiazole rings is 1. The fourth-order valence-corrected chi connectivity index (χ4v) is 1.43. The summed E-state index contributed by atoms with van der Waals surface area (Å²) in [7, 11) is 0. The summed E-state index contributed by atoms with van der Waals surface area (Å²) in [5.41, 5.74) is 1.75. The number of hydrogen-bond acceptors (Lipinski definition) is 4. The molecule has 2 aromatic heterocycles. The van der Waals surface area contributed by atoms with Crippen molar-refractivity contribution in [2.45, 2.75) is 0 Å². The van der Waals surface area contributed by atoms with Crippen LogP contribution in [0.2, 0.25) is 0 Å². The summed E-state index contributed by atoms with van der Waals surface area (Å²) in [6, 6.07) is 0. The zero-order chi connectivity index (χ0) is 7.68. The minimum Gasteiger partial charge on any atom is -0.313 e. The molecule has 0 saturated carbocycles. The maximum Gasteiger partial charge on any atom is 0.192 e. The number of H-pyrrole nitrogens is 2. The standard InChI is InChI=1S/C5H4N4S2/c10-5-7-4(8-9-5)3-1-6-2-11-3/h1-2H,(H2,7,8,9,10). The maximum atomic E-state index is 4.82. The van der Waals surface area contributed by atoms with Gasteiger partial charge in [0.05, 0.1) is 10.4 Å². The van der Waals surface area contributed by atoms with Gasteiger partial charge in [0.1, 0.15) is 0 Å². The van der Waals surface area contributed by atoms with E-state index in [-0.39, 0.29) is 0 Å². The lowest BCUT2D eigenvalue weighted by Crippen LogP contribution is -1.73. The Hall–Kier alpha value is -1.01. The topological polar surface area (TPSA) is 57.4 Å². The summed E-state index contributed by atoms with van der Waals surface area (Å²) in [6.07, 6.45) is 1.74. The van der Waals surface area contributed by atoms with Crippen molar-refractivity contribution in [2.24, 2.45) is 0 Å². The Morgan fingerprint density at radius 3 is 3.00 bits per heavy atom. The fraction of sp³-hybridized carbons (Fsp3) is 0. The quantitative estimate of drug-likeness (QED) is 0.662. The molecule has 0 radical (unpaired) electrons. The molecule has 4 nitrogen and oxygen atoms in total. The first-order valence-corrected chi connectivity index (χ1v) is 4.18. The highest BCUT2D eigenvalue weighted by atomic mass is 32.1. The molecule has 56 valence electrons. The van der Waals surface area contributed by atoms with Gasteiger partial charge in [0.15, 0.2) is 10.6 Å². The molecule has 0 aromatic carbocycles. The second-order valence-electron chi connectivity index (χ2n) is 1.89. The van der Waals surface area contributed by atoms with E-state index in [1.165, 1.54) is 11.3 Å². The first-order valence-electron chi connectivity index (χ1n) is 2.90. The number of rotatable bonds is 1. The number of hydrogen-bond donors (Lipinski definition) is 2. The van der Waals surface area contributed by atoms with Gasteiger partial charge in [-0.1, -0.05) is 0 Å². The minimum atomic E-state index is 0.536. The first kappa shape index (κ1) is 6.68. The molecule has 0 aliphatic rings. The highest BCUT2D eigenvalue weighted by Crippen LogP contribution is 2.17. The van der Waals surface area contributed by atoms with E-state index >= 15 is 0 Å². The van der Waals surface area contributed by atoms with Gasteiger partial charge in [0.2, 0.25) is 0 Å². The molecular formula is C5H4N4S2. The number of aromatic amines is 2. The van der Waals surface area contributed by atoms with Gasteiger partial charge in [-0.05, 0) is 12.2 Å². The highest BCUT2D eigenvalue weighted by Gasteiger charge is 2.00. The van der Waals surface area contributed by atoms with Crippen molar-refractivity contribution in [1.82, 2.24) is 20.2 Å².